The highest BCUT2D eigenvalue weighted by Gasteiger charge is 2.33. The quantitative estimate of drug-likeness (QED) is 0.465. The molecule has 0 bridgehead atoms. The first-order valence-electron chi connectivity index (χ1n) is 6.27. The first-order chi connectivity index (χ1) is 9.56. The predicted molar refractivity (Wildman–Crippen MR) is 74.8 cm³/mol. The molecular weight excluding hydrogens is 333 g/mol. The summed E-state index contributed by atoms with van der Waals surface area (Å²) in [6.45, 7) is 1.58. The Morgan fingerprint density at radius 1 is 1.45 bits per heavy atom. The highest BCUT2D eigenvalue weighted by Crippen LogP contribution is 2.35. The van der Waals surface area contributed by atoms with Gasteiger partial charge in [0.25, 0.3) is 0 Å². The Hall–Kier alpha value is -1.21. The molecule has 1 aliphatic heterocycles. The van der Waals surface area contributed by atoms with Crippen molar-refractivity contribution in [1.29, 1.82) is 0 Å². The zero-order valence-electron chi connectivity index (χ0n) is 10.8. The van der Waals surface area contributed by atoms with Crippen molar-refractivity contribution in [3.8, 4) is 5.75 Å². The van der Waals surface area contributed by atoms with Crippen molar-refractivity contribution < 1.29 is 18.8 Å². The van der Waals surface area contributed by atoms with Crippen LogP contribution >= 0.6 is 15.9 Å². The van der Waals surface area contributed by atoms with E-state index in [1.165, 1.54) is 0 Å². The van der Waals surface area contributed by atoms with E-state index in [0.717, 1.165) is 31.0 Å². The minimum absolute atomic E-state index is 0.0261. The van der Waals surface area contributed by atoms with Crippen LogP contribution in [0.15, 0.2) is 18.2 Å². The van der Waals surface area contributed by atoms with E-state index in [2.05, 4.69) is 15.9 Å². The van der Waals surface area contributed by atoms with Crippen LogP contribution in [0.2, 0.25) is 0 Å². The summed E-state index contributed by atoms with van der Waals surface area (Å²) in [5.41, 5.74) is -0.346. The molecule has 2 rings (SSSR count). The highest BCUT2D eigenvalue weighted by atomic mass is 79.9. The van der Waals surface area contributed by atoms with Gasteiger partial charge in [0.2, 0.25) is 0 Å². The fourth-order valence-corrected chi connectivity index (χ4v) is 2.83. The summed E-state index contributed by atoms with van der Waals surface area (Å²) in [5.74, 6) is -0.577. The summed E-state index contributed by atoms with van der Waals surface area (Å²) in [7, 11) is 0. The minimum atomic E-state index is -0.570. The number of nitro groups is 1. The fourth-order valence-electron chi connectivity index (χ4n) is 2.11. The maximum Gasteiger partial charge on any atom is 0.311 e. The van der Waals surface area contributed by atoms with Gasteiger partial charge in [0.15, 0.2) is 5.75 Å². The van der Waals surface area contributed by atoms with Gasteiger partial charge in [-0.2, -0.15) is 0 Å². The fraction of sp³-hybridized carbons (Fsp3) is 0.538. The molecule has 0 atom stereocenters. The summed E-state index contributed by atoms with van der Waals surface area (Å²) in [5, 5.41) is 11.6. The van der Waals surface area contributed by atoms with Gasteiger partial charge in [-0.1, -0.05) is 15.9 Å². The van der Waals surface area contributed by atoms with E-state index in [1.807, 2.05) is 0 Å². The van der Waals surface area contributed by atoms with Gasteiger partial charge in [-0.15, -0.1) is 0 Å². The Labute approximate surface area is 124 Å². The summed E-state index contributed by atoms with van der Waals surface area (Å²) in [6.07, 6.45) is 1.61. The maximum atomic E-state index is 13.2. The highest BCUT2D eigenvalue weighted by molar-refractivity contribution is 9.09. The second-order valence-corrected chi connectivity index (χ2v) is 5.46. The monoisotopic (exact) mass is 347 g/mol. The van der Waals surface area contributed by atoms with Crippen molar-refractivity contribution in [3.05, 3.63) is 34.1 Å². The van der Waals surface area contributed by atoms with E-state index < -0.39 is 10.7 Å². The van der Waals surface area contributed by atoms with E-state index in [9.17, 15) is 14.5 Å². The average Bonchev–Trinajstić information content (AvgIpc) is 2.46. The predicted octanol–water partition coefficient (Wildman–Crippen LogP) is 3.30. The Morgan fingerprint density at radius 3 is 2.75 bits per heavy atom. The number of nitrogens with zero attached hydrogens (tertiary/aromatic N) is 1. The van der Waals surface area contributed by atoms with Gasteiger partial charge in [0, 0.05) is 36.1 Å². The van der Waals surface area contributed by atoms with Crippen molar-refractivity contribution in [1.82, 2.24) is 0 Å². The largest absolute Gasteiger partial charge is 0.486 e. The zero-order valence-corrected chi connectivity index (χ0v) is 12.4. The van der Waals surface area contributed by atoms with Crippen LogP contribution in [0.25, 0.3) is 0 Å². The van der Waals surface area contributed by atoms with Gasteiger partial charge in [0.05, 0.1) is 11.5 Å². The minimum Gasteiger partial charge on any atom is -0.486 e. The molecule has 0 unspecified atom stereocenters. The van der Waals surface area contributed by atoms with Crippen LogP contribution in [0.5, 0.6) is 5.75 Å². The lowest BCUT2D eigenvalue weighted by atomic mass is 9.83. The van der Waals surface area contributed by atoms with Crippen LogP contribution in [-0.4, -0.2) is 30.1 Å². The number of nitro benzene ring substituents is 1. The standard InChI is InChI=1S/C13H15BrFNO4/c14-8-13(3-5-19-6-4-13)9-20-12-7-10(15)1-2-11(12)16(17)18/h1-2,7H,3-6,8-9H2. The normalized spacial score (nSPS) is 17.7. The first-order valence-corrected chi connectivity index (χ1v) is 7.39. The smallest absolute Gasteiger partial charge is 0.311 e. The molecule has 7 heteroatoms. The van der Waals surface area contributed by atoms with Crippen molar-refractivity contribution in [3.63, 3.8) is 0 Å². The molecule has 0 radical (unpaired) electrons. The lowest BCUT2D eigenvalue weighted by Crippen LogP contribution is -2.36. The average molecular weight is 348 g/mol. The van der Waals surface area contributed by atoms with Crippen LogP contribution in [0.4, 0.5) is 10.1 Å². The van der Waals surface area contributed by atoms with Crippen LogP contribution in [0, 0.1) is 21.3 Å². The number of ether oxygens (including phenoxy) is 2. The Balaban J connectivity index is 2.13. The first kappa shape index (κ1) is 15.2. The van der Waals surface area contributed by atoms with Crippen LogP contribution in [0.1, 0.15) is 12.8 Å². The molecule has 1 aliphatic rings. The molecule has 1 saturated heterocycles. The van der Waals surface area contributed by atoms with Crippen molar-refractivity contribution in [2.75, 3.05) is 25.2 Å². The van der Waals surface area contributed by atoms with E-state index >= 15 is 0 Å². The third-order valence-electron chi connectivity index (χ3n) is 3.49. The molecule has 5 nitrogen and oxygen atoms in total. The number of hydrogen-bond acceptors (Lipinski definition) is 4. The van der Waals surface area contributed by atoms with Crippen molar-refractivity contribution in [2.24, 2.45) is 5.41 Å². The van der Waals surface area contributed by atoms with Gasteiger partial charge in [0.1, 0.15) is 5.82 Å². The van der Waals surface area contributed by atoms with Crippen LogP contribution < -0.4 is 4.74 Å². The van der Waals surface area contributed by atoms with Crippen LogP contribution in [0.3, 0.4) is 0 Å². The van der Waals surface area contributed by atoms with Crippen LogP contribution in [-0.2, 0) is 4.74 Å². The van der Waals surface area contributed by atoms with E-state index in [-0.39, 0.29) is 16.9 Å². The van der Waals surface area contributed by atoms with Gasteiger partial charge in [-0.3, -0.25) is 10.1 Å². The van der Waals surface area contributed by atoms with Gasteiger partial charge in [-0.05, 0) is 18.9 Å². The molecule has 0 aliphatic carbocycles. The Bertz CT molecular complexity index is 491. The zero-order chi connectivity index (χ0) is 14.6. The van der Waals surface area contributed by atoms with Crippen molar-refractivity contribution >= 4 is 21.6 Å². The number of hydrogen-bond donors (Lipinski definition) is 0. The molecule has 1 aromatic carbocycles. The number of alkyl halides is 1. The molecule has 0 aromatic heterocycles. The molecule has 0 N–H and O–H groups in total. The summed E-state index contributed by atoms with van der Waals surface area (Å²) in [6, 6.07) is 3.23. The Morgan fingerprint density at radius 2 is 2.15 bits per heavy atom. The van der Waals surface area contributed by atoms with E-state index in [0.29, 0.717) is 25.2 Å². The van der Waals surface area contributed by atoms with E-state index in [1.54, 1.807) is 0 Å². The topological polar surface area (TPSA) is 61.6 Å². The molecule has 1 fully saturated rings. The number of rotatable bonds is 5. The lowest BCUT2D eigenvalue weighted by Gasteiger charge is -2.35. The maximum absolute atomic E-state index is 13.2. The summed E-state index contributed by atoms with van der Waals surface area (Å²) < 4.78 is 24.1. The molecule has 1 aromatic rings. The van der Waals surface area contributed by atoms with Gasteiger partial charge >= 0.3 is 5.69 Å². The third-order valence-corrected chi connectivity index (χ3v) is 4.68. The van der Waals surface area contributed by atoms with Gasteiger partial charge < -0.3 is 9.47 Å². The Kier molecular flexibility index (Phi) is 4.93. The lowest BCUT2D eigenvalue weighted by molar-refractivity contribution is -0.386. The SMILES string of the molecule is O=[N+]([O-])c1ccc(F)cc1OCC1(CBr)CCOCC1. The molecule has 0 saturated carbocycles. The second-order valence-electron chi connectivity index (χ2n) is 4.90. The molecule has 1 heterocycles. The number of halogens is 2. The summed E-state index contributed by atoms with van der Waals surface area (Å²) in [4.78, 5) is 10.3. The van der Waals surface area contributed by atoms with Crippen molar-refractivity contribution in [2.45, 2.75) is 12.8 Å². The van der Waals surface area contributed by atoms with E-state index in [4.69, 9.17) is 9.47 Å². The molecule has 20 heavy (non-hydrogen) atoms. The third kappa shape index (κ3) is 3.46. The molecule has 0 amide bonds. The molecular formula is C13H15BrFNO4. The van der Waals surface area contributed by atoms with Gasteiger partial charge in [-0.25, -0.2) is 4.39 Å². The second kappa shape index (κ2) is 6.49. The number of benzene rings is 1. The summed E-state index contributed by atoms with van der Waals surface area (Å²) >= 11 is 3.46. The molecule has 0 spiro atoms. The molecule has 110 valence electrons.